The van der Waals surface area contributed by atoms with Crippen molar-refractivity contribution in [1.82, 2.24) is 0 Å². The van der Waals surface area contributed by atoms with E-state index in [0.29, 0.717) is 6.61 Å². The summed E-state index contributed by atoms with van der Waals surface area (Å²) < 4.78 is 6.46. The molecule has 0 spiro atoms. The van der Waals surface area contributed by atoms with Crippen LogP contribution in [-0.2, 0) is 4.74 Å². The van der Waals surface area contributed by atoms with Crippen molar-refractivity contribution in [2.24, 2.45) is 0 Å². The van der Waals surface area contributed by atoms with Crippen molar-refractivity contribution >= 4 is 0 Å². The van der Waals surface area contributed by atoms with Crippen molar-refractivity contribution in [2.75, 3.05) is 40.4 Å². The highest BCUT2D eigenvalue weighted by Gasteiger charge is 2.20. The highest BCUT2D eigenvalue weighted by Crippen LogP contribution is 2.14. The molecule has 1 N–H and O–H groups in total. The summed E-state index contributed by atoms with van der Waals surface area (Å²) in [6.07, 6.45) is 24.6. The zero-order chi connectivity index (χ0) is 22.3. The van der Waals surface area contributed by atoms with Gasteiger partial charge in [0.25, 0.3) is 0 Å². The summed E-state index contributed by atoms with van der Waals surface area (Å²) in [6, 6.07) is 0. The molecular formula is C27H58NO2+. The minimum absolute atomic E-state index is 0.335. The number of quaternary nitrogens is 1. The maximum atomic E-state index is 10.2. The van der Waals surface area contributed by atoms with Gasteiger partial charge in [0, 0.05) is 6.61 Å². The van der Waals surface area contributed by atoms with Crippen LogP contribution in [0.15, 0.2) is 0 Å². The molecule has 1 atom stereocenters. The van der Waals surface area contributed by atoms with Gasteiger partial charge in [0.15, 0.2) is 0 Å². The van der Waals surface area contributed by atoms with Crippen LogP contribution in [0.1, 0.15) is 129 Å². The molecule has 1 unspecified atom stereocenters. The Balaban J connectivity index is 3.35. The van der Waals surface area contributed by atoms with E-state index in [4.69, 9.17) is 4.74 Å². The average molecular weight is 429 g/mol. The van der Waals surface area contributed by atoms with Gasteiger partial charge < -0.3 is 14.3 Å². The molecule has 30 heavy (non-hydrogen) atoms. The highest BCUT2D eigenvalue weighted by molar-refractivity contribution is 4.54. The number of unbranched alkanes of at least 4 members (excludes halogenated alkanes) is 16. The fourth-order valence-corrected chi connectivity index (χ4v) is 4.27. The van der Waals surface area contributed by atoms with E-state index in [9.17, 15) is 5.11 Å². The number of hydrogen-bond donors (Lipinski definition) is 1. The largest absolute Gasteiger partial charge is 0.385 e. The van der Waals surface area contributed by atoms with Crippen LogP contribution >= 0.6 is 0 Å². The number of ether oxygens (including phenoxy) is 1. The Kier molecular flexibility index (Phi) is 22.0. The molecule has 0 bridgehead atoms. The Morgan fingerprint density at radius 1 is 0.600 bits per heavy atom. The summed E-state index contributed by atoms with van der Waals surface area (Å²) in [5.74, 6) is 0. The fraction of sp³-hybridized carbons (Fsp3) is 1.00. The van der Waals surface area contributed by atoms with Crippen molar-refractivity contribution in [3.05, 3.63) is 0 Å². The number of nitrogens with zero attached hydrogens (tertiary/aromatic N) is 1. The normalized spacial score (nSPS) is 13.1. The van der Waals surface area contributed by atoms with Crippen LogP contribution in [0, 0.1) is 0 Å². The molecule has 0 aromatic heterocycles. The molecule has 0 aliphatic heterocycles. The molecule has 0 rings (SSSR count). The van der Waals surface area contributed by atoms with E-state index in [0.717, 1.165) is 37.0 Å². The fourth-order valence-electron chi connectivity index (χ4n) is 4.27. The van der Waals surface area contributed by atoms with E-state index in [1.54, 1.807) is 0 Å². The van der Waals surface area contributed by atoms with Crippen LogP contribution < -0.4 is 0 Å². The highest BCUT2D eigenvalue weighted by atomic mass is 16.5. The molecule has 0 heterocycles. The number of likely N-dealkylation sites (N-methyl/N-ethyl adjacent to an activating group) is 1. The third-order valence-electron chi connectivity index (χ3n) is 6.27. The van der Waals surface area contributed by atoms with Gasteiger partial charge in [-0.3, -0.25) is 0 Å². The second-order valence-electron chi connectivity index (χ2n) is 10.2. The molecule has 0 fully saturated rings. The first-order valence-corrected chi connectivity index (χ1v) is 13.6. The van der Waals surface area contributed by atoms with E-state index in [-0.39, 0.29) is 6.10 Å². The molecule has 0 aliphatic rings. The molecule has 0 amide bonds. The quantitative estimate of drug-likeness (QED) is 0.127. The van der Waals surface area contributed by atoms with Gasteiger partial charge in [-0.15, -0.1) is 0 Å². The zero-order valence-electron chi connectivity index (χ0n) is 21.4. The molecule has 3 nitrogen and oxygen atoms in total. The van der Waals surface area contributed by atoms with Crippen LogP contribution in [-0.4, -0.2) is 56.1 Å². The summed E-state index contributed by atoms with van der Waals surface area (Å²) >= 11 is 0. The summed E-state index contributed by atoms with van der Waals surface area (Å²) in [6.45, 7) is 7.67. The average Bonchev–Trinajstić information content (AvgIpc) is 2.70. The van der Waals surface area contributed by atoms with Gasteiger partial charge in [-0.2, -0.15) is 0 Å². The van der Waals surface area contributed by atoms with Gasteiger partial charge in [-0.05, 0) is 19.3 Å². The Morgan fingerprint density at radius 3 is 1.43 bits per heavy atom. The third-order valence-corrected chi connectivity index (χ3v) is 6.27. The predicted molar refractivity (Wildman–Crippen MR) is 133 cm³/mol. The monoisotopic (exact) mass is 428 g/mol. The van der Waals surface area contributed by atoms with Gasteiger partial charge in [0.05, 0.1) is 27.2 Å². The molecule has 0 radical (unpaired) electrons. The number of hydrogen-bond acceptors (Lipinski definition) is 2. The van der Waals surface area contributed by atoms with E-state index in [2.05, 4.69) is 27.9 Å². The Morgan fingerprint density at radius 2 is 1.00 bits per heavy atom. The first kappa shape index (κ1) is 29.9. The Bertz CT molecular complexity index is 333. The lowest BCUT2D eigenvalue weighted by molar-refractivity contribution is -0.893. The third kappa shape index (κ3) is 22.6. The molecule has 3 heteroatoms. The number of rotatable bonds is 24. The van der Waals surface area contributed by atoms with Crippen LogP contribution in [0.4, 0.5) is 0 Å². The summed E-state index contributed by atoms with van der Waals surface area (Å²) in [5, 5.41) is 10.2. The molecule has 0 aromatic rings. The Labute approximate surface area is 190 Å². The lowest BCUT2D eigenvalue weighted by atomic mass is 10.0. The minimum atomic E-state index is -0.335. The van der Waals surface area contributed by atoms with Gasteiger partial charge >= 0.3 is 0 Å². The predicted octanol–water partition coefficient (Wildman–Crippen LogP) is 7.50. The van der Waals surface area contributed by atoms with E-state index in [1.807, 2.05) is 0 Å². The van der Waals surface area contributed by atoms with Crippen LogP contribution in [0.2, 0.25) is 0 Å². The van der Waals surface area contributed by atoms with Crippen LogP contribution in [0.25, 0.3) is 0 Å². The zero-order valence-corrected chi connectivity index (χ0v) is 21.4. The molecule has 182 valence electrons. The molecule has 0 aromatic carbocycles. The maximum Gasteiger partial charge on any atom is 0.126 e. The topological polar surface area (TPSA) is 29.5 Å². The van der Waals surface area contributed by atoms with E-state index >= 15 is 0 Å². The van der Waals surface area contributed by atoms with Crippen LogP contribution in [0.3, 0.4) is 0 Å². The van der Waals surface area contributed by atoms with E-state index < -0.39 is 0 Å². The van der Waals surface area contributed by atoms with Crippen molar-refractivity contribution in [1.29, 1.82) is 0 Å². The maximum absolute atomic E-state index is 10.2. The second kappa shape index (κ2) is 22.1. The smallest absolute Gasteiger partial charge is 0.126 e. The van der Waals surface area contributed by atoms with Crippen LogP contribution in [0.5, 0.6) is 0 Å². The van der Waals surface area contributed by atoms with Crippen molar-refractivity contribution < 1.29 is 14.3 Å². The van der Waals surface area contributed by atoms with Crippen molar-refractivity contribution in [3.8, 4) is 0 Å². The molecular weight excluding hydrogens is 370 g/mol. The van der Waals surface area contributed by atoms with Crippen molar-refractivity contribution in [3.63, 3.8) is 0 Å². The van der Waals surface area contributed by atoms with Gasteiger partial charge in [-0.25, -0.2) is 0 Å². The van der Waals surface area contributed by atoms with Gasteiger partial charge in [-0.1, -0.05) is 110 Å². The van der Waals surface area contributed by atoms with Gasteiger partial charge in [0.2, 0.25) is 0 Å². The molecule has 0 aliphatic carbocycles. The first-order chi connectivity index (χ1) is 14.5. The molecule has 0 saturated carbocycles. The standard InChI is InChI=1S/C27H58NO2/c1-5-7-9-10-11-12-13-14-15-16-17-18-19-20-21-22-23-28(3,4)25-27(29)26-30-24-8-6-2/h27,29H,5-26H2,1-4H3/q+1. The lowest BCUT2D eigenvalue weighted by Crippen LogP contribution is -2.47. The van der Waals surface area contributed by atoms with Crippen molar-refractivity contribution in [2.45, 2.75) is 136 Å². The number of aliphatic hydroxyl groups is 1. The molecule has 0 saturated heterocycles. The summed E-state index contributed by atoms with van der Waals surface area (Å²) in [5.41, 5.74) is 0. The Hall–Kier alpha value is -0.120. The number of aliphatic hydroxyl groups excluding tert-OH is 1. The first-order valence-electron chi connectivity index (χ1n) is 13.6. The lowest BCUT2D eigenvalue weighted by Gasteiger charge is -2.32. The summed E-state index contributed by atoms with van der Waals surface area (Å²) in [7, 11) is 4.47. The second-order valence-corrected chi connectivity index (χ2v) is 10.2. The van der Waals surface area contributed by atoms with Gasteiger partial charge in [0.1, 0.15) is 12.6 Å². The van der Waals surface area contributed by atoms with E-state index in [1.165, 1.54) is 103 Å². The SMILES string of the molecule is CCCCCCCCCCCCCCCCCC[N+](C)(C)CC(O)COCCCC. The minimum Gasteiger partial charge on any atom is -0.385 e. The summed E-state index contributed by atoms with van der Waals surface area (Å²) in [4.78, 5) is 0.